The molecule has 2 aromatic heterocycles. The number of hydrogen-bond donors (Lipinski definition) is 1. The van der Waals surface area contributed by atoms with Crippen LogP contribution in [0, 0.1) is 11.3 Å². The van der Waals surface area contributed by atoms with Crippen molar-refractivity contribution in [3.63, 3.8) is 0 Å². The number of halogens is 1. The van der Waals surface area contributed by atoms with E-state index in [0.717, 1.165) is 10.6 Å². The second-order valence-electron chi connectivity index (χ2n) is 9.30. The number of nitrogens with one attached hydrogen (secondary N) is 1. The van der Waals surface area contributed by atoms with Crippen molar-refractivity contribution < 1.29 is 19.1 Å². The van der Waals surface area contributed by atoms with Crippen LogP contribution in [0.3, 0.4) is 0 Å². The van der Waals surface area contributed by atoms with Gasteiger partial charge in [-0.3, -0.25) is 19.6 Å². The highest BCUT2D eigenvalue weighted by atomic mass is 35.5. The molecule has 0 fully saturated rings. The molecule has 0 saturated heterocycles. The van der Waals surface area contributed by atoms with Gasteiger partial charge < -0.3 is 14.8 Å². The Kier molecular flexibility index (Phi) is 7.13. The minimum atomic E-state index is -0.456. The van der Waals surface area contributed by atoms with Crippen LogP contribution in [0.15, 0.2) is 85.2 Å². The van der Waals surface area contributed by atoms with Crippen molar-refractivity contribution in [1.29, 1.82) is 5.26 Å². The minimum Gasteiger partial charge on any atom is -0.492 e. The van der Waals surface area contributed by atoms with Gasteiger partial charge in [0.05, 0.1) is 50.9 Å². The SMILES string of the molecule is CCOc1cc2ncc(C#N)c(Nc3ccc(OCc4ccccn4)c(Cl)c3)c2cc1N1C(=O)c2ccccc2C1=O. The standard InChI is InChI=1S/C32H22ClN5O4/c1-2-41-29-15-26-24(14-27(29)38-31(39)22-8-3-4-9-23(22)32(38)40)30(19(16-34)17-36-26)37-20-10-11-28(25(33)13-20)42-18-21-7-5-6-12-35-21/h3-15,17H,2,18H2,1H3,(H,36,37). The highest BCUT2D eigenvalue weighted by Crippen LogP contribution is 2.41. The summed E-state index contributed by atoms with van der Waals surface area (Å²) < 4.78 is 11.7. The molecule has 42 heavy (non-hydrogen) atoms. The Hall–Kier alpha value is -5.46. The van der Waals surface area contributed by atoms with Gasteiger partial charge in [-0.05, 0) is 55.5 Å². The van der Waals surface area contributed by atoms with E-state index in [1.807, 2.05) is 25.1 Å². The van der Waals surface area contributed by atoms with Crippen molar-refractivity contribution in [2.45, 2.75) is 13.5 Å². The van der Waals surface area contributed by atoms with Crippen LogP contribution in [0.25, 0.3) is 10.9 Å². The molecule has 0 atom stereocenters. The lowest BCUT2D eigenvalue weighted by Crippen LogP contribution is -2.30. The molecule has 0 bridgehead atoms. The van der Waals surface area contributed by atoms with Crippen LogP contribution in [0.5, 0.6) is 11.5 Å². The highest BCUT2D eigenvalue weighted by molar-refractivity contribution is 6.35. The summed E-state index contributed by atoms with van der Waals surface area (Å²) in [4.78, 5) is 36.5. The number of nitriles is 1. The van der Waals surface area contributed by atoms with Gasteiger partial charge in [-0.1, -0.05) is 29.8 Å². The number of fused-ring (bicyclic) bond motifs is 2. The van der Waals surface area contributed by atoms with Crippen LogP contribution in [0.2, 0.25) is 5.02 Å². The molecule has 1 aliphatic rings. The van der Waals surface area contributed by atoms with E-state index in [2.05, 4.69) is 21.4 Å². The first-order chi connectivity index (χ1) is 20.5. The summed E-state index contributed by atoms with van der Waals surface area (Å²) in [5, 5.41) is 14.1. The van der Waals surface area contributed by atoms with Crippen molar-refractivity contribution in [2.24, 2.45) is 0 Å². The molecule has 3 heterocycles. The first-order valence-corrected chi connectivity index (χ1v) is 13.4. The predicted octanol–water partition coefficient (Wildman–Crippen LogP) is 6.68. The summed E-state index contributed by atoms with van der Waals surface area (Å²) in [7, 11) is 0. The van der Waals surface area contributed by atoms with Crippen LogP contribution in [0.1, 0.15) is 38.9 Å². The Bertz CT molecular complexity index is 1870. The van der Waals surface area contributed by atoms with Gasteiger partial charge >= 0.3 is 0 Å². The number of rotatable bonds is 8. The van der Waals surface area contributed by atoms with Crippen molar-refractivity contribution in [3.8, 4) is 17.6 Å². The summed E-state index contributed by atoms with van der Waals surface area (Å²) in [6.45, 7) is 2.36. The number of pyridine rings is 2. The summed E-state index contributed by atoms with van der Waals surface area (Å²) in [6.07, 6.45) is 3.14. The third kappa shape index (κ3) is 4.85. The topological polar surface area (TPSA) is 117 Å². The fourth-order valence-electron chi connectivity index (χ4n) is 4.76. The van der Waals surface area contributed by atoms with E-state index in [9.17, 15) is 14.9 Å². The molecule has 0 unspecified atom stereocenters. The van der Waals surface area contributed by atoms with Gasteiger partial charge in [-0.25, -0.2) is 4.90 Å². The van der Waals surface area contributed by atoms with Gasteiger partial charge in [0.2, 0.25) is 0 Å². The Morgan fingerprint density at radius 2 is 1.69 bits per heavy atom. The lowest BCUT2D eigenvalue weighted by molar-refractivity contribution is 0.0925. The molecule has 1 aliphatic heterocycles. The van der Waals surface area contributed by atoms with E-state index in [1.54, 1.807) is 60.8 Å². The summed E-state index contributed by atoms with van der Waals surface area (Å²) in [5.74, 6) is -0.117. The molecule has 0 spiro atoms. The smallest absolute Gasteiger partial charge is 0.266 e. The van der Waals surface area contributed by atoms with Crippen LogP contribution in [-0.2, 0) is 6.61 Å². The predicted molar refractivity (Wildman–Crippen MR) is 159 cm³/mol. The van der Waals surface area contributed by atoms with E-state index in [0.29, 0.717) is 56.5 Å². The molecule has 6 rings (SSSR count). The van der Waals surface area contributed by atoms with Gasteiger partial charge in [0.25, 0.3) is 11.8 Å². The maximum atomic E-state index is 13.3. The second-order valence-corrected chi connectivity index (χ2v) is 9.71. The Balaban J connectivity index is 1.39. The van der Waals surface area contributed by atoms with Gasteiger partial charge in [0.15, 0.2) is 0 Å². The Morgan fingerprint density at radius 3 is 2.36 bits per heavy atom. The largest absolute Gasteiger partial charge is 0.492 e. The van der Waals surface area contributed by atoms with Crippen LogP contribution < -0.4 is 19.7 Å². The van der Waals surface area contributed by atoms with Crippen molar-refractivity contribution in [1.82, 2.24) is 9.97 Å². The Morgan fingerprint density at radius 1 is 0.929 bits per heavy atom. The maximum absolute atomic E-state index is 13.3. The first-order valence-electron chi connectivity index (χ1n) is 13.0. The zero-order valence-corrected chi connectivity index (χ0v) is 23.1. The van der Waals surface area contributed by atoms with E-state index in [-0.39, 0.29) is 17.9 Å². The quantitative estimate of drug-likeness (QED) is 0.204. The number of imide groups is 1. The van der Waals surface area contributed by atoms with Crippen molar-refractivity contribution in [2.75, 3.05) is 16.8 Å². The fourth-order valence-corrected chi connectivity index (χ4v) is 4.99. The molecule has 3 aromatic carbocycles. The van der Waals surface area contributed by atoms with Crippen molar-refractivity contribution >= 4 is 51.4 Å². The average Bonchev–Trinajstić information content (AvgIpc) is 3.26. The van der Waals surface area contributed by atoms with E-state index in [4.69, 9.17) is 21.1 Å². The normalized spacial score (nSPS) is 12.3. The number of nitrogens with zero attached hydrogens (tertiary/aromatic N) is 4. The summed E-state index contributed by atoms with van der Waals surface area (Å²) in [5.41, 5.74) is 3.42. The molecule has 0 aliphatic carbocycles. The van der Waals surface area contributed by atoms with E-state index in [1.165, 1.54) is 6.20 Å². The van der Waals surface area contributed by atoms with Crippen LogP contribution >= 0.6 is 11.6 Å². The van der Waals surface area contributed by atoms with Gasteiger partial charge in [-0.2, -0.15) is 5.26 Å². The summed E-state index contributed by atoms with van der Waals surface area (Å²) >= 11 is 6.54. The zero-order valence-electron chi connectivity index (χ0n) is 22.3. The summed E-state index contributed by atoms with van der Waals surface area (Å²) in [6, 6.07) is 22.9. The number of benzene rings is 3. The number of aromatic nitrogens is 2. The molecule has 9 nitrogen and oxygen atoms in total. The number of carbonyl (C=O) groups excluding carboxylic acids is 2. The second kappa shape index (κ2) is 11.2. The zero-order chi connectivity index (χ0) is 29.2. The molecular formula is C32H22ClN5O4. The molecule has 10 heteroatoms. The molecule has 1 N–H and O–H groups in total. The molecular weight excluding hydrogens is 554 g/mol. The third-order valence-electron chi connectivity index (χ3n) is 6.71. The molecule has 0 saturated carbocycles. The van der Waals surface area contributed by atoms with E-state index < -0.39 is 11.8 Å². The number of hydrogen-bond acceptors (Lipinski definition) is 8. The van der Waals surface area contributed by atoms with Crippen LogP contribution in [0.4, 0.5) is 17.1 Å². The number of anilines is 3. The Labute approximate surface area is 245 Å². The lowest BCUT2D eigenvalue weighted by Gasteiger charge is -2.20. The lowest BCUT2D eigenvalue weighted by atomic mass is 10.1. The minimum absolute atomic E-state index is 0.254. The number of carbonyl (C=O) groups is 2. The molecule has 0 radical (unpaired) electrons. The van der Waals surface area contributed by atoms with Crippen molar-refractivity contribution in [3.05, 3.63) is 113 Å². The fraction of sp³-hybridized carbons (Fsp3) is 0.0938. The molecule has 5 aromatic rings. The highest BCUT2D eigenvalue weighted by Gasteiger charge is 2.38. The van der Waals surface area contributed by atoms with Crippen LogP contribution in [-0.4, -0.2) is 28.4 Å². The average molecular weight is 576 g/mol. The number of amides is 2. The maximum Gasteiger partial charge on any atom is 0.266 e. The van der Waals surface area contributed by atoms with Gasteiger partial charge in [-0.15, -0.1) is 0 Å². The first kappa shape index (κ1) is 26.7. The molecule has 206 valence electrons. The van der Waals surface area contributed by atoms with Gasteiger partial charge in [0.1, 0.15) is 24.2 Å². The third-order valence-corrected chi connectivity index (χ3v) is 7.00. The monoisotopic (exact) mass is 575 g/mol. The van der Waals surface area contributed by atoms with E-state index >= 15 is 0 Å². The number of ether oxygens (including phenoxy) is 2. The van der Waals surface area contributed by atoms with Gasteiger partial charge in [0, 0.05) is 29.5 Å². The molecule has 2 amide bonds.